The normalized spacial score (nSPS) is 10.6. The van der Waals surface area contributed by atoms with Gasteiger partial charge < -0.3 is 9.14 Å². The molecule has 2 heterocycles. The van der Waals surface area contributed by atoms with Crippen molar-refractivity contribution in [3.05, 3.63) is 36.3 Å². The van der Waals surface area contributed by atoms with Gasteiger partial charge in [-0.3, -0.25) is 0 Å². The Morgan fingerprint density at radius 3 is 3.12 bits per heavy atom. The van der Waals surface area contributed by atoms with Crippen molar-refractivity contribution in [1.29, 1.82) is 0 Å². The molecule has 2 rings (SSSR count). The number of hydrogen-bond acceptors (Lipinski definition) is 3. The number of hydrogen-bond donors (Lipinski definition) is 0. The minimum atomic E-state index is -0.350. The van der Waals surface area contributed by atoms with E-state index >= 15 is 0 Å². The van der Waals surface area contributed by atoms with Crippen molar-refractivity contribution in [2.75, 3.05) is 6.61 Å². The van der Waals surface area contributed by atoms with Gasteiger partial charge in [-0.05, 0) is 18.6 Å². The molecular weight excluding hydrogens is 204 g/mol. The molecule has 0 fully saturated rings. The van der Waals surface area contributed by atoms with E-state index in [-0.39, 0.29) is 5.97 Å². The van der Waals surface area contributed by atoms with E-state index in [4.69, 9.17) is 4.74 Å². The minimum Gasteiger partial charge on any atom is -0.461 e. The summed E-state index contributed by atoms with van der Waals surface area (Å²) in [5, 5.41) is 0. The number of pyridine rings is 1. The minimum absolute atomic E-state index is 0.350. The third-order valence-corrected chi connectivity index (χ3v) is 2.30. The number of aromatic nitrogens is 2. The van der Waals surface area contributed by atoms with Crippen LogP contribution >= 0.6 is 0 Å². The molecule has 0 N–H and O–H groups in total. The third kappa shape index (κ3) is 2.21. The summed E-state index contributed by atoms with van der Waals surface area (Å²) in [6.45, 7) is 2.52. The topological polar surface area (TPSA) is 43.6 Å². The fraction of sp³-hybridized carbons (Fsp3) is 0.333. The number of imidazole rings is 1. The van der Waals surface area contributed by atoms with Gasteiger partial charge in [0, 0.05) is 12.4 Å². The molecule has 16 heavy (non-hydrogen) atoms. The molecule has 0 aliphatic rings. The van der Waals surface area contributed by atoms with Gasteiger partial charge in [-0.1, -0.05) is 19.4 Å². The maximum Gasteiger partial charge on any atom is 0.358 e. The van der Waals surface area contributed by atoms with Crippen LogP contribution in [0.3, 0.4) is 0 Å². The number of carbonyl (C=O) groups is 1. The van der Waals surface area contributed by atoms with E-state index in [1.807, 2.05) is 24.4 Å². The van der Waals surface area contributed by atoms with E-state index in [1.54, 1.807) is 10.6 Å². The Balaban J connectivity index is 2.11. The lowest BCUT2D eigenvalue weighted by molar-refractivity contribution is 0.0493. The van der Waals surface area contributed by atoms with Crippen LogP contribution in [0, 0.1) is 0 Å². The van der Waals surface area contributed by atoms with Crippen LogP contribution in [0.2, 0.25) is 0 Å². The second-order valence-electron chi connectivity index (χ2n) is 3.58. The molecule has 2 aromatic rings. The first-order valence-electron chi connectivity index (χ1n) is 5.42. The molecule has 0 aromatic carbocycles. The Hall–Kier alpha value is -1.84. The zero-order valence-electron chi connectivity index (χ0n) is 9.22. The van der Waals surface area contributed by atoms with E-state index < -0.39 is 0 Å². The zero-order valence-corrected chi connectivity index (χ0v) is 9.22. The Bertz CT molecular complexity index is 457. The first kappa shape index (κ1) is 10.7. The average Bonchev–Trinajstić information content (AvgIpc) is 2.73. The lowest BCUT2D eigenvalue weighted by Crippen LogP contribution is -2.06. The number of rotatable bonds is 4. The number of esters is 1. The van der Waals surface area contributed by atoms with Crippen LogP contribution < -0.4 is 0 Å². The molecule has 0 radical (unpaired) electrons. The quantitative estimate of drug-likeness (QED) is 0.584. The largest absolute Gasteiger partial charge is 0.461 e. The summed E-state index contributed by atoms with van der Waals surface area (Å²) in [6.07, 6.45) is 5.44. The summed E-state index contributed by atoms with van der Waals surface area (Å²) in [5.74, 6) is -0.350. The van der Waals surface area contributed by atoms with Crippen molar-refractivity contribution in [1.82, 2.24) is 9.38 Å². The Morgan fingerprint density at radius 2 is 2.38 bits per heavy atom. The second-order valence-corrected chi connectivity index (χ2v) is 3.58. The SMILES string of the molecule is CCCCOC(=O)c1cn2ccccc2n1. The number of nitrogens with zero attached hydrogens (tertiary/aromatic N) is 2. The van der Waals surface area contributed by atoms with Gasteiger partial charge in [0.1, 0.15) is 5.65 Å². The standard InChI is InChI=1S/C12H14N2O2/c1-2-3-8-16-12(15)10-9-14-7-5-4-6-11(14)13-10/h4-7,9H,2-3,8H2,1H3. The highest BCUT2D eigenvalue weighted by atomic mass is 16.5. The Morgan fingerprint density at radius 1 is 1.50 bits per heavy atom. The van der Waals surface area contributed by atoms with Crippen LogP contribution in [-0.2, 0) is 4.74 Å². The average molecular weight is 218 g/mol. The molecule has 0 atom stereocenters. The van der Waals surface area contributed by atoms with Gasteiger partial charge in [-0.2, -0.15) is 0 Å². The number of fused-ring (bicyclic) bond motifs is 1. The van der Waals surface area contributed by atoms with Crippen molar-refractivity contribution < 1.29 is 9.53 Å². The summed E-state index contributed by atoms with van der Waals surface area (Å²) >= 11 is 0. The lowest BCUT2D eigenvalue weighted by atomic mass is 10.4. The summed E-state index contributed by atoms with van der Waals surface area (Å²) in [4.78, 5) is 15.8. The molecule has 2 aromatic heterocycles. The molecule has 0 saturated carbocycles. The van der Waals surface area contributed by atoms with Gasteiger partial charge in [-0.15, -0.1) is 0 Å². The second kappa shape index (κ2) is 4.79. The molecule has 84 valence electrons. The van der Waals surface area contributed by atoms with Gasteiger partial charge in [0.05, 0.1) is 6.61 Å². The highest BCUT2D eigenvalue weighted by molar-refractivity contribution is 5.87. The highest BCUT2D eigenvalue weighted by Crippen LogP contribution is 2.06. The maximum atomic E-state index is 11.6. The summed E-state index contributed by atoms with van der Waals surface area (Å²) in [6, 6.07) is 5.62. The van der Waals surface area contributed by atoms with Crippen LogP contribution in [0.25, 0.3) is 5.65 Å². The van der Waals surface area contributed by atoms with Gasteiger partial charge >= 0.3 is 5.97 Å². The summed E-state index contributed by atoms with van der Waals surface area (Å²) in [5.41, 5.74) is 1.12. The van der Waals surface area contributed by atoms with E-state index in [0.29, 0.717) is 12.3 Å². The first-order chi connectivity index (χ1) is 7.81. The first-order valence-corrected chi connectivity index (χ1v) is 5.42. The van der Waals surface area contributed by atoms with Crippen LogP contribution in [0.15, 0.2) is 30.6 Å². The zero-order chi connectivity index (χ0) is 11.4. The van der Waals surface area contributed by atoms with Crippen LogP contribution in [-0.4, -0.2) is 22.0 Å². The van der Waals surface area contributed by atoms with Crippen LogP contribution in [0.4, 0.5) is 0 Å². The number of unbranched alkanes of at least 4 members (excludes halogenated alkanes) is 1. The van der Waals surface area contributed by atoms with Crippen molar-refractivity contribution >= 4 is 11.6 Å². The van der Waals surface area contributed by atoms with Crippen molar-refractivity contribution in [2.24, 2.45) is 0 Å². The highest BCUT2D eigenvalue weighted by Gasteiger charge is 2.11. The van der Waals surface area contributed by atoms with Crippen LogP contribution in [0.1, 0.15) is 30.3 Å². The summed E-state index contributed by atoms with van der Waals surface area (Å²) in [7, 11) is 0. The predicted molar refractivity (Wildman–Crippen MR) is 60.4 cm³/mol. The molecule has 0 bridgehead atoms. The molecule has 0 saturated heterocycles. The van der Waals surface area contributed by atoms with E-state index in [9.17, 15) is 4.79 Å². The monoisotopic (exact) mass is 218 g/mol. The number of ether oxygens (including phenoxy) is 1. The molecule has 0 amide bonds. The van der Waals surface area contributed by atoms with Gasteiger partial charge in [0.2, 0.25) is 0 Å². The molecule has 0 spiro atoms. The molecule has 4 heteroatoms. The molecule has 0 aliphatic heterocycles. The fourth-order valence-electron chi connectivity index (χ4n) is 1.42. The molecule has 0 aliphatic carbocycles. The van der Waals surface area contributed by atoms with E-state index in [1.165, 1.54) is 0 Å². The Labute approximate surface area is 93.9 Å². The Kier molecular flexibility index (Phi) is 3.19. The van der Waals surface area contributed by atoms with Gasteiger partial charge in [0.25, 0.3) is 0 Å². The smallest absolute Gasteiger partial charge is 0.358 e. The number of carbonyl (C=O) groups excluding carboxylic acids is 1. The van der Waals surface area contributed by atoms with Gasteiger partial charge in [0.15, 0.2) is 5.69 Å². The maximum absolute atomic E-state index is 11.6. The van der Waals surface area contributed by atoms with Crippen molar-refractivity contribution in [2.45, 2.75) is 19.8 Å². The van der Waals surface area contributed by atoms with Crippen molar-refractivity contribution in [3.63, 3.8) is 0 Å². The van der Waals surface area contributed by atoms with Crippen LogP contribution in [0.5, 0.6) is 0 Å². The molecular formula is C12H14N2O2. The predicted octanol–water partition coefficient (Wildman–Crippen LogP) is 2.29. The molecule has 0 unspecified atom stereocenters. The fourth-order valence-corrected chi connectivity index (χ4v) is 1.42. The van der Waals surface area contributed by atoms with E-state index in [0.717, 1.165) is 18.5 Å². The van der Waals surface area contributed by atoms with Crippen molar-refractivity contribution in [3.8, 4) is 0 Å². The van der Waals surface area contributed by atoms with Gasteiger partial charge in [-0.25, -0.2) is 9.78 Å². The summed E-state index contributed by atoms with van der Waals surface area (Å²) < 4.78 is 6.89. The van der Waals surface area contributed by atoms with E-state index in [2.05, 4.69) is 11.9 Å². The lowest BCUT2D eigenvalue weighted by Gasteiger charge is -1.99. The molecule has 4 nitrogen and oxygen atoms in total. The third-order valence-electron chi connectivity index (χ3n) is 2.30.